The first-order valence-corrected chi connectivity index (χ1v) is 7.53. The number of benzene rings is 1. The van der Waals surface area contributed by atoms with E-state index in [9.17, 15) is 0 Å². The van der Waals surface area contributed by atoms with Crippen LogP contribution in [0.25, 0.3) is 10.8 Å². The minimum atomic E-state index is 0.302. The molecule has 1 aromatic heterocycles. The maximum atomic E-state index is 5.46. The number of fused-ring (bicyclic) bond motifs is 2. The molecule has 0 saturated carbocycles. The van der Waals surface area contributed by atoms with Crippen LogP contribution in [0.15, 0.2) is 24.4 Å². The average molecular weight is 285 g/mol. The molecule has 1 atom stereocenters. The Hall–Kier alpha value is -2.01. The van der Waals surface area contributed by atoms with Crippen molar-refractivity contribution in [3.05, 3.63) is 24.4 Å². The van der Waals surface area contributed by atoms with E-state index >= 15 is 0 Å². The van der Waals surface area contributed by atoms with Gasteiger partial charge >= 0.3 is 0 Å². The van der Waals surface area contributed by atoms with Crippen molar-refractivity contribution in [2.45, 2.75) is 12.8 Å². The van der Waals surface area contributed by atoms with E-state index < -0.39 is 0 Å². The Morgan fingerprint density at radius 2 is 2.19 bits per heavy atom. The van der Waals surface area contributed by atoms with Crippen LogP contribution in [-0.2, 0) is 0 Å². The molecule has 1 saturated heterocycles. The first-order chi connectivity index (χ1) is 10.4. The summed E-state index contributed by atoms with van der Waals surface area (Å²) in [7, 11) is 0. The molecule has 2 aliphatic rings. The lowest BCUT2D eigenvalue weighted by Gasteiger charge is -2.12. The topological polar surface area (TPSA) is 55.4 Å². The van der Waals surface area contributed by atoms with Gasteiger partial charge in [0.05, 0.1) is 0 Å². The molecular formula is C16H19N3O2. The Morgan fingerprint density at radius 3 is 3.05 bits per heavy atom. The predicted molar refractivity (Wildman–Crippen MR) is 81.9 cm³/mol. The van der Waals surface area contributed by atoms with Gasteiger partial charge in [-0.3, -0.25) is 0 Å². The molecule has 0 amide bonds. The summed E-state index contributed by atoms with van der Waals surface area (Å²) in [5.74, 6) is 3.33. The summed E-state index contributed by atoms with van der Waals surface area (Å²) in [6, 6.07) is 6.04. The van der Waals surface area contributed by atoms with Gasteiger partial charge in [-0.25, -0.2) is 4.98 Å². The van der Waals surface area contributed by atoms with Crippen LogP contribution in [0.4, 0.5) is 5.82 Å². The van der Waals surface area contributed by atoms with Crippen LogP contribution in [0.1, 0.15) is 12.8 Å². The third-order valence-electron chi connectivity index (χ3n) is 4.26. The number of pyridine rings is 1. The fourth-order valence-corrected chi connectivity index (χ4v) is 3.06. The van der Waals surface area contributed by atoms with Gasteiger partial charge in [-0.05, 0) is 55.4 Å². The van der Waals surface area contributed by atoms with Crippen LogP contribution in [0.5, 0.6) is 11.5 Å². The fourth-order valence-electron chi connectivity index (χ4n) is 3.06. The summed E-state index contributed by atoms with van der Waals surface area (Å²) in [6.45, 7) is 3.55. The molecule has 0 radical (unpaired) electrons. The van der Waals surface area contributed by atoms with Gasteiger partial charge in [0, 0.05) is 18.1 Å². The van der Waals surface area contributed by atoms with E-state index in [2.05, 4.69) is 15.6 Å². The van der Waals surface area contributed by atoms with E-state index in [-0.39, 0.29) is 0 Å². The maximum Gasteiger partial charge on any atom is 0.231 e. The summed E-state index contributed by atoms with van der Waals surface area (Å²) in [4.78, 5) is 4.47. The SMILES string of the molecule is c1cc2cc3c(cc2c(NCCC2CCNC2)n1)OCO3. The zero-order valence-electron chi connectivity index (χ0n) is 11.9. The summed E-state index contributed by atoms with van der Waals surface area (Å²) in [5.41, 5.74) is 0. The molecule has 0 aliphatic carbocycles. The first-order valence-electron chi connectivity index (χ1n) is 7.53. The molecule has 2 N–H and O–H groups in total. The Kier molecular flexibility index (Phi) is 3.27. The highest BCUT2D eigenvalue weighted by Crippen LogP contribution is 2.37. The number of rotatable bonds is 4. The molecule has 4 rings (SSSR count). The quantitative estimate of drug-likeness (QED) is 0.903. The molecule has 21 heavy (non-hydrogen) atoms. The predicted octanol–water partition coefficient (Wildman–Crippen LogP) is 2.38. The van der Waals surface area contributed by atoms with Gasteiger partial charge in [0.25, 0.3) is 0 Å². The lowest BCUT2D eigenvalue weighted by molar-refractivity contribution is 0.174. The second-order valence-corrected chi connectivity index (χ2v) is 5.66. The monoisotopic (exact) mass is 285 g/mol. The highest BCUT2D eigenvalue weighted by Gasteiger charge is 2.17. The van der Waals surface area contributed by atoms with E-state index in [1.807, 2.05) is 24.4 Å². The lowest BCUT2D eigenvalue weighted by atomic mass is 10.1. The number of ether oxygens (including phenoxy) is 2. The lowest BCUT2D eigenvalue weighted by Crippen LogP contribution is -2.13. The van der Waals surface area contributed by atoms with Crippen LogP contribution >= 0.6 is 0 Å². The molecule has 5 nitrogen and oxygen atoms in total. The van der Waals surface area contributed by atoms with E-state index in [1.54, 1.807) is 0 Å². The molecule has 3 heterocycles. The molecule has 0 spiro atoms. The van der Waals surface area contributed by atoms with E-state index in [0.717, 1.165) is 53.6 Å². The summed E-state index contributed by atoms with van der Waals surface area (Å²) >= 11 is 0. The Bertz CT molecular complexity index is 653. The van der Waals surface area contributed by atoms with Crippen molar-refractivity contribution in [2.75, 3.05) is 31.7 Å². The van der Waals surface area contributed by atoms with Crippen molar-refractivity contribution in [1.82, 2.24) is 10.3 Å². The van der Waals surface area contributed by atoms with Crippen LogP contribution < -0.4 is 20.1 Å². The Balaban J connectivity index is 1.53. The molecule has 1 aromatic carbocycles. The number of nitrogens with one attached hydrogen (secondary N) is 2. The molecule has 2 aromatic rings. The number of hydrogen-bond donors (Lipinski definition) is 2. The molecular weight excluding hydrogens is 266 g/mol. The smallest absolute Gasteiger partial charge is 0.231 e. The van der Waals surface area contributed by atoms with Gasteiger partial charge in [0.15, 0.2) is 11.5 Å². The second kappa shape index (κ2) is 5.41. The van der Waals surface area contributed by atoms with Crippen LogP contribution in [0.2, 0.25) is 0 Å². The van der Waals surface area contributed by atoms with Gasteiger partial charge < -0.3 is 20.1 Å². The number of hydrogen-bond acceptors (Lipinski definition) is 5. The molecule has 1 unspecified atom stereocenters. The van der Waals surface area contributed by atoms with Crippen molar-refractivity contribution in [3.8, 4) is 11.5 Å². The third-order valence-corrected chi connectivity index (χ3v) is 4.26. The Morgan fingerprint density at radius 1 is 1.29 bits per heavy atom. The standard InChI is InChI=1S/C16H19N3O2/c1-4-17-9-11(1)2-5-18-16-13-8-15-14(20-10-21-15)7-12(13)3-6-19-16/h3,6-8,11,17H,1-2,4-5,9-10H2,(H,18,19). The van der Waals surface area contributed by atoms with Crippen molar-refractivity contribution in [2.24, 2.45) is 5.92 Å². The van der Waals surface area contributed by atoms with Gasteiger partial charge in [0.2, 0.25) is 6.79 Å². The van der Waals surface area contributed by atoms with Gasteiger partial charge in [0.1, 0.15) is 5.82 Å². The number of nitrogens with zero attached hydrogens (tertiary/aromatic N) is 1. The molecule has 110 valence electrons. The van der Waals surface area contributed by atoms with Crippen LogP contribution in [-0.4, -0.2) is 31.4 Å². The zero-order valence-corrected chi connectivity index (χ0v) is 11.9. The minimum Gasteiger partial charge on any atom is -0.454 e. The molecule has 2 aliphatic heterocycles. The van der Waals surface area contributed by atoms with Crippen molar-refractivity contribution < 1.29 is 9.47 Å². The van der Waals surface area contributed by atoms with Crippen molar-refractivity contribution in [3.63, 3.8) is 0 Å². The molecule has 0 bridgehead atoms. The number of aromatic nitrogens is 1. The normalized spacial score (nSPS) is 20.1. The highest BCUT2D eigenvalue weighted by atomic mass is 16.7. The van der Waals surface area contributed by atoms with Crippen molar-refractivity contribution in [1.29, 1.82) is 0 Å². The largest absolute Gasteiger partial charge is 0.454 e. The first kappa shape index (κ1) is 12.7. The fraction of sp³-hybridized carbons (Fsp3) is 0.438. The van der Waals surface area contributed by atoms with Crippen LogP contribution in [0.3, 0.4) is 0 Å². The van der Waals surface area contributed by atoms with Gasteiger partial charge in [-0.1, -0.05) is 0 Å². The van der Waals surface area contributed by atoms with E-state index in [4.69, 9.17) is 9.47 Å². The van der Waals surface area contributed by atoms with Crippen molar-refractivity contribution >= 4 is 16.6 Å². The third kappa shape index (κ3) is 2.49. The zero-order chi connectivity index (χ0) is 14.1. The average Bonchev–Trinajstić information content (AvgIpc) is 3.16. The van der Waals surface area contributed by atoms with Crippen LogP contribution in [0, 0.1) is 5.92 Å². The highest BCUT2D eigenvalue weighted by molar-refractivity contribution is 5.94. The maximum absolute atomic E-state index is 5.46. The minimum absolute atomic E-state index is 0.302. The number of anilines is 1. The summed E-state index contributed by atoms with van der Waals surface area (Å²) in [5, 5.41) is 9.09. The van der Waals surface area contributed by atoms with E-state index in [0.29, 0.717) is 6.79 Å². The van der Waals surface area contributed by atoms with Gasteiger partial charge in [-0.15, -0.1) is 0 Å². The summed E-state index contributed by atoms with van der Waals surface area (Å²) < 4.78 is 10.9. The Labute approximate surface area is 123 Å². The summed E-state index contributed by atoms with van der Waals surface area (Å²) in [6.07, 6.45) is 4.29. The molecule has 5 heteroatoms. The molecule has 1 fully saturated rings. The van der Waals surface area contributed by atoms with E-state index in [1.165, 1.54) is 12.8 Å². The van der Waals surface area contributed by atoms with Gasteiger partial charge in [-0.2, -0.15) is 0 Å². The second-order valence-electron chi connectivity index (χ2n) is 5.66.